The molecule has 0 saturated carbocycles. The highest BCUT2D eigenvalue weighted by Crippen LogP contribution is 2.36. The number of aromatic nitrogens is 2. The summed E-state index contributed by atoms with van der Waals surface area (Å²) in [7, 11) is 1.89. The van der Waals surface area contributed by atoms with Crippen molar-refractivity contribution in [3.05, 3.63) is 47.8 Å². The first kappa shape index (κ1) is 12.2. The Labute approximate surface area is 112 Å². The number of nitrogens with zero attached hydrogens (tertiary/aromatic N) is 2. The van der Waals surface area contributed by atoms with Gasteiger partial charge in [0.2, 0.25) is 0 Å². The number of hydrogen-bond donors (Lipinski definition) is 1. The van der Waals surface area contributed by atoms with Crippen LogP contribution in [-0.2, 0) is 13.5 Å². The molecule has 1 N–H and O–H groups in total. The van der Waals surface area contributed by atoms with Crippen LogP contribution in [0.2, 0.25) is 0 Å². The average Bonchev–Trinajstić information content (AvgIpc) is 2.83. The molecule has 2 heterocycles. The van der Waals surface area contributed by atoms with E-state index in [1.807, 2.05) is 43.7 Å². The van der Waals surface area contributed by atoms with Crippen molar-refractivity contribution in [2.24, 2.45) is 7.05 Å². The number of ether oxygens (including phenoxy) is 1. The van der Waals surface area contributed by atoms with Crippen LogP contribution < -0.4 is 4.74 Å². The SMILES string of the molecule is Cn1cc(CC(O)C2CCOc3ccccc32)cn1. The molecule has 1 aliphatic rings. The first-order valence-corrected chi connectivity index (χ1v) is 6.61. The number of rotatable bonds is 3. The van der Waals surface area contributed by atoms with E-state index < -0.39 is 6.10 Å². The van der Waals surface area contributed by atoms with Crippen LogP contribution in [0, 0.1) is 0 Å². The van der Waals surface area contributed by atoms with E-state index in [-0.39, 0.29) is 5.92 Å². The van der Waals surface area contributed by atoms with E-state index in [2.05, 4.69) is 5.10 Å². The molecular weight excluding hydrogens is 240 g/mol. The summed E-state index contributed by atoms with van der Waals surface area (Å²) in [5, 5.41) is 14.6. The van der Waals surface area contributed by atoms with Gasteiger partial charge in [-0.25, -0.2) is 0 Å². The van der Waals surface area contributed by atoms with Crippen LogP contribution >= 0.6 is 0 Å². The lowest BCUT2D eigenvalue weighted by Gasteiger charge is -2.29. The van der Waals surface area contributed by atoms with Gasteiger partial charge in [-0.2, -0.15) is 5.10 Å². The predicted octanol–water partition coefficient (Wildman–Crippen LogP) is 1.89. The van der Waals surface area contributed by atoms with Crippen molar-refractivity contribution >= 4 is 0 Å². The van der Waals surface area contributed by atoms with Crippen molar-refractivity contribution < 1.29 is 9.84 Å². The Balaban J connectivity index is 1.79. The van der Waals surface area contributed by atoms with E-state index in [1.54, 1.807) is 4.68 Å². The van der Waals surface area contributed by atoms with Crippen LogP contribution in [0.15, 0.2) is 36.7 Å². The van der Waals surface area contributed by atoms with Crippen molar-refractivity contribution in [2.45, 2.75) is 24.9 Å². The quantitative estimate of drug-likeness (QED) is 0.914. The molecular formula is C15H18N2O2. The van der Waals surface area contributed by atoms with E-state index in [9.17, 15) is 5.11 Å². The molecule has 2 atom stereocenters. The Hall–Kier alpha value is -1.81. The molecule has 4 nitrogen and oxygen atoms in total. The van der Waals surface area contributed by atoms with Gasteiger partial charge in [-0.15, -0.1) is 0 Å². The number of aryl methyl sites for hydroxylation is 1. The lowest BCUT2D eigenvalue weighted by Crippen LogP contribution is -2.26. The minimum atomic E-state index is -0.394. The van der Waals surface area contributed by atoms with Gasteiger partial charge in [-0.3, -0.25) is 4.68 Å². The summed E-state index contributed by atoms with van der Waals surface area (Å²) in [6.07, 6.45) is 4.86. The zero-order chi connectivity index (χ0) is 13.2. The van der Waals surface area contributed by atoms with Gasteiger partial charge in [0.25, 0.3) is 0 Å². The van der Waals surface area contributed by atoms with Crippen LogP contribution in [-0.4, -0.2) is 27.6 Å². The summed E-state index contributed by atoms with van der Waals surface area (Å²) in [6, 6.07) is 7.98. The lowest BCUT2D eigenvalue weighted by atomic mass is 9.86. The second-order valence-electron chi connectivity index (χ2n) is 5.08. The van der Waals surface area contributed by atoms with Gasteiger partial charge in [0.15, 0.2) is 0 Å². The second kappa shape index (κ2) is 5.05. The molecule has 0 radical (unpaired) electrons. The number of benzene rings is 1. The van der Waals surface area contributed by atoms with Crippen molar-refractivity contribution in [1.82, 2.24) is 9.78 Å². The molecule has 1 aromatic carbocycles. The second-order valence-corrected chi connectivity index (χ2v) is 5.08. The summed E-state index contributed by atoms with van der Waals surface area (Å²) < 4.78 is 7.39. The third kappa shape index (κ3) is 2.49. The molecule has 0 bridgehead atoms. The van der Waals surface area contributed by atoms with E-state index in [1.165, 1.54) is 0 Å². The smallest absolute Gasteiger partial charge is 0.122 e. The third-order valence-corrected chi connectivity index (χ3v) is 3.67. The van der Waals surface area contributed by atoms with Crippen LogP contribution in [0.4, 0.5) is 0 Å². The highest BCUT2D eigenvalue weighted by Gasteiger charge is 2.27. The minimum absolute atomic E-state index is 0.144. The fraction of sp³-hybridized carbons (Fsp3) is 0.400. The van der Waals surface area contributed by atoms with Gasteiger partial charge < -0.3 is 9.84 Å². The van der Waals surface area contributed by atoms with Crippen molar-refractivity contribution in [3.63, 3.8) is 0 Å². The van der Waals surface area contributed by atoms with Crippen LogP contribution in [0.1, 0.15) is 23.5 Å². The summed E-state index contributed by atoms with van der Waals surface area (Å²) in [4.78, 5) is 0. The van der Waals surface area contributed by atoms with Crippen molar-refractivity contribution in [1.29, 1.82) is 0 Å². The highest BCUT2D eigenvalue weighted by atomic mass is 16.5. The Morgan fingerprint density at radius 3 is 3.11 bits per heavy atom. The highest BCUT2D eigenvalue weighted by molar-refractivity contribution is 5.38. The minimum Gasteiger partial charge on any atom is -0.493 e. The molecule has 0 spiro atoms. The Morgan fingerprint density at radius 2 is 2.32 bits per heavy atom. The van der Waals surface area contributed by atoms with Gasteiger partial charge in [0, 0.05) is 25.6 Å². The standard InChI is InChI=1S/C15H18N2O2/c1-17-10-11(9-16-17)8-14(18)12-6-7-19-15-5-3-2-4-13(12)15/h2-5,9-10,12,14,18H,6-8H2,1H3. The summed E-state index contributed by atoms with van der Waals surface area (Å²) in [5.41, 5.74) is 2.18. The van der Waals surface area contributed by atoms with Gasteiger partial charge in [-0.05, 0) is 23.6 Å². The number of aliphatic hydroxyl groups is 1. The van der Waals surface area contributed by atoms with Crippen LogP contribution in [0.25, 0.3) is 0 Å². The normalized spacial score (nSPS) is 19.6. The van der Waals surface area contributed by atoms with E-state index in [4.69, 9.17) is 4.74 Å². The fourth-order valence-corrected chi connectivity index (χ4v) is 2.73. The number of para-hydroxylation sites is 1. The van der Waals surface area contributed by atoms with E-state index in [0.29, 0.717) is 13.0 Å². The van der Waals surface area contributed by atoms with Crippen molar-refractivity contribution in [2.75, 3.05) is 6.61 Å². The molecule has 0 fully saturated rings. The monoisotopic (exact) mass is 258 g/mol. The molecule has 0 saturated heterocycles. The zero-order valence-corrected chi connectivity index (χ0v) is 11.0. The number of aliphatic hydroxyl groups excluding tert-OH is 1. The van der Waals surface area contributed by atoms with Gasteiger partial charge in [0.05, 0.1) is 18.9 Å². The molecule has 2 unspecified atom stereocenters. The fourth-order valence-electron chi connectivity index (χ4n) is 2.73. The summed E-state index contributed by atoms with van der Waals surface area (Å²) in [6.45, 7) is 0.672. The zero-order valence-electron chi connectivity index (χ0n) is 11.0. The largest absolute Gasteiger partial charge is 0.493 e. The topological polar surface area (TPSA) is 47.3 Å². The van der Waals surface area contributed by atoms with E-state index in [0.717, 1.165) is 23.3 Å². The Kier molecular flexibility index (Phi) is 3.25. The van der Waals surface area contributed by atoms with Crippen LogP contribution in [0.3, 0.4) is 0 Å². The first-order chi connectivity index (χ1) is 9.24. The Bertz CT molecular complexity index is 565. The van der Waals surface area contributed by atoms with Crippen molar-refractivity contribution in [3.8, 4) is 5.75 Å². The molecule has 19 heavy (non-hydrogen) atoms. The maximum atomic E-state index is 10.5. The Morgan fingerprint density at radius 1 is 1.47 bits per heavy atom. The molecule has 4 heteroatoms. The maximum Gasteiger partial charge on any atom is 0.122 e. The van der Waals surface area contributed by atoms with Gasteiger partial charge in [-0.1, -0.05) is 18.2 Å². The summed E-state index contributed by atoms with van der Waals surface area (Å²) >= 11 is 0. The number of hydrogen-bond acceptors (Lipinski definition) is 3. The molecule has 1 aliphatic heterocycles. The number of fused-ring (bicyclic) bond motifs is 1. The average molecular weight is 258 g/mol. The van der Waals surface area contributed by atoms with Gasteiger partial charge >= 0.3 is 0 Å². The summed E-state index contributed by atoms with van der Waals surface area (Å²) in [5.74, 6) is 1.05. The molecule has 0 aliphatic carbocycles. The lowest BCUT2D eigenvalue weighted by molar-refractivity contribution is 0.116. The molecule has 1 aromatic heterocycles. The third-order valence-electron chi connectivity index (χ3n) is 3.67. The van der Waals surface area contributed by atoms with Crippen LogP contribution in [0.5, 0.6) is 5.75 Å². The van der Waals surface area contributed by atoms with E-state index >= 15 is 0 Å². The molecule has 0 amide bonds. The maximum absolute atomic E-state index is 10.5. The molecule has 3 rings (SSSR count). The first-order valence-electron chi connectivity index (χ1n) is 6.61. The molecule has 100 valence electrons. The molecule has 2 aromatic rings. The predicted molar refractivity (Wildman–Crippen MR) is 72.2 cm³/mol. The van der Waals surface area contributed by atoms with Gasteiger partial charge in [0.1, 0.15) is 5.75 Å².